The van der Waals surface area contributed by atoms with Crippen molar-refractivity contribution >= 4 is 10.9 Å². The Kier molecular flexibility index (Phi) is 3.05. The monoisotopic (exact) mass is 255 g/mol. The molecule has 0 radical (unpaired) electrons. The van der Waals surface area contributed by atoms with Crippen LogP contribution in [0.1, 0.15) is 11.4 Å². The highest BCUT2D eigenvalue weighted by Gasteiger charge is 2.08. The van der Waals surface area contributed by atoms with Gasteiger partial charge in [-0.2, -0.15) is 5.10 Å². The fourth-order valence-corrected chi connectivity index (χ4v) is 2.45. The number of fused-ring (bicyclic) bond motifs is 1. The zero-order valence-corrected chi connectivity index (χ0v) is 11.0. The Morgan fingerprint density at radius 3 is 2.89 bits per heavy atom. The lowest BCUT2D eigenvalue weighted by Gasteiger charge is -2.09. The van der Waals surface area contributed by atoms with Crippen LogP contribution in [-0.4, -0.2) is 25.9 Å². The predicted molar refractivity (Wildman–Crippen MR) is 74.8 cm³/mol. The fourth-order valence-electron chi connectivity index (χ4n) is 2.45. The Labute approximate surface area is 111 Å². The number of benzene rings is 1. The van der Waals surface area contributed by atoms with Crippen molar-refractivity contribution in [3.63, 3.8) is 0 Å². The van der Waals surface area contributed by atoms with Gasteiger partial charge in [0.05, 0.1) is 12.1 Å². The Bertz CT molecular complexity index is 695. The molecule has 5 nitrogen and oxygen atoms in total. The number of rotatable bonds is 4. The highest BCUT2D eigenvalue weighted by molar-refractivity contribution is 5.83. The van der Waals surface area contributed by atoms with E-state index >= 15 is 0 Å². The lowest BCUT2D eigenvalue weighted by Crippen LogP contribution is -2.08. The van der Waals surface area contributed by atoms with Crippen LogP contribution in [0.4, 0.5) is 0 Å². The molecule has 0 spiro atoms. The first-order valence-corrected chi connectivity index (χ1v) is 6.39. The number of aryl methyl sites for hydroxylation is 1. The van der Waals surface area contributed by atoms with Crippen molar-refractivity contribution in [3.8, 4) is 0 Å². The Morgan fingerprint density at radius 2 is 2.16 bits per heavy atom. The number of hydrogen-bond acceptors (Lipinski definition) is 3. The summed E-state index contributed by atoms with van der Waals surface area (Å²) in [4.78, 5) is 4.28. The molecule has 5 heteroatoms. The van der Waals surface area contributed by atoms with E-state index in [9.17, 15) is 0 Å². The van der Waals surface area contributed by atoms with Crippen molar-refractivity contribution in [2.45, 2.75) is 13.0 Å². The quantitative estimate of drug-likeness (QED) is 0.764. The molecule has 0 unspecified atom stereocenters. The fraction of sp³-hybridized carbons (Fsp3) is 0.286. The molecular weight excluding hydrogens is 238 g/mol. The van der Waals surface area contributed by atoms with Gasteiger partial charge in [-0.1, -0.05) is 18.2 Å². The van der Waals surface area contributed by atoms with Gasteiger partial charge in [0, 0.05) is 13.2 Å². The lowest BCUT2D eigenvalue weighted by molar-refractivity contribution is 0.663. The van der Waals surface area contributed by atoms with E-state index in [-0.39, 0.29) is 0 Å². The highest BCUT2D eigenvalue weighted by Crippen LogP contribution is 2.21. The smallest absolute Gasteiger partial charge is 0.146 e. The van der Waals surface area contributed by atoms with E-state index in [1.807, 2.05) is 7.05 Å². The SMILES string of the molecule is Cn1ncnc1Cn1ccc2cccc(CCN)c21. The highest BCUT2D eigenvalue weighted by atomic mass is 15.3. The number of nitrogens with zero attached hydrogens (tertiary/aromatic N) is 4. The first-order chi connectivity index (χ1) is 9.29. The number of para-hydroxylation sites is 1. The first kappa shape index (κ1) is 11.9. The summed E-state index contributed by atoms with van der Waals surface area (Å²) in [7, 11) is 1.91. The minimum absolute atomic E-state index is 0.661. The van der Waals surface area contributed by atoms with Gasteiger partial charge in [0.15, 0.2) is 0 Å². The van der Waals surface area contributed by atoms with E-state index in [4.69, 9.17) is 5.73 Å². The summed E-state index contributed by atoms with van der Waals surface area (Å²) in [6, 6.07) is 8.48. The largest absolute Gasteiger partial charge is 0.340 e. The Hall–Kier alpha value is -2.14. The molecule has 0 amide bonds. The molecule has 2 aromatic heterocycles. The number of nitrogens with two attached hydrogens (primary N) is 1. The molecule has 2 heterocycles. The summed E-state index contributed by atoms with van der Waals surface area (Å²) in [5.74, 6) is 0.944. The first-order valence-electron chi connectivity index (χ1n) is 6.39. The van der Waals surface area contributed by atoms with Crippen LogP contribution in [0.2, 0.25) is 0 Å². The van der Waals surface area contributed by atoms with Gasteiger partial charge in [0.2, 0.25) is 0 Å². The van der Waals surface area contributed by atoms with Crippen molar-refractivity contribution in [2.24, 2.45) is 12.8 Å². The van der Waals surface area contributed by atoms with Crippen LogP contribution < -0.4 is 5.73 Å². The predicted octanol–water partition coefficient (Wildman–Crippen LogP) is 1.32. The third-order valence-electron chi connectivity index (χ3n) is 3.40. The van der Waals surface area contributed by atoms with Crippen molar-refractivity contribution < 1.29 is 0 Å². The number of hydrogen-bond donors (Lipinski definition) is 1. The molecule has 0 aliphatic rings. The minimum Gasteiger partial charge on any atom is -0.340 e. The van der Waals surface area contributed by atoms with Gasteiger partial charge in [-0.3, -0.25) is 4.68 Å². The zero-order chi connectivity index (χ0) is 13.2. The van der Waals surface area contributed by atoms with Crippen LogP contribution >= 0.6 is 0 Å². The van der Waals surface area contributed by atoms with E-state index in [1.54, 1.807) is 11.0 Å². The molecule has 0 saturated carbocycles. The van der Waals surface area contributed by atoms with Gasteiger partial charge >= 0.3 is 0 Å². The summed E-state index contributed by atoms with van der Waals surface area (Å²) < 4.78 is 4.02. The van der Waals surface area contributed by atoms with Gasteiger partial charge < -0.3 is 10.3 Å². The van der Waals surface area contributed by atoms with Crippen LogP contribution in [0.25, 0.3) is 10.9 Å². The van der Waals surface area contributed by atoms with Crippen LogP contribution in [0, 0.1) is 0 Å². The molecule has 0 aliphatic carbocycles. The summed E-state index contributed by atoms with van der Waals surface area (Å²) in [6.45, 7) is 1.38. The molecule has 0 saturated heterocycles. The normalized spacial score (nSPS) is 11.3. The summed E-state index contributed by atoms with van der Waals surface area (Å²) in [5, 5.41) is 5.35. The maximum atomic E-state index is 5.69. The van der Waals surface area contributed by atoms with Crippen LogP contribution in [0.5, 0.6) is 0 Å². The van der Waals surface area contributed by atoms with Gasteiger partial charge in [-0.15, -0.1) is 0 Å². The summed E-state index contributed by atoms with van der Waals surface area (Å²) in [6.07, 6.45) is 4.57. The van der Waals surface area contributed by atoms with Crippen LogP contribution in [0.3, 0.4) is 0 Å². The second-order valence-electron chi connectivity index (χ2n) is 4.64. The van der Waals surface area contributed by atoms with Gasteiger partial charge in [0.25, 0.3) is 0 Å². The Balaban J connectivity index is 2.06. The topological polar surface area (TPSA) is 61.7 Å². The third kappa shape index (κ3) is 2.13. The second kappa shape index (κ2) is 4.85. The molecule has 98 valence electrons. The maximum absolute atomic E-state index is 5.69. The minimum atomic E-state index is 0.661. The van der Waals surface area contributed by atoms with Crippen molar-refractivity contribution in [1.82, 2.24) is 19.3 Å². The van der Waals surface area contributed by atoms with E-state index in [2.05, 4.69) is 45.1 Å². The molecule has 1 aromatic carbocycles. The number of aromatic nitrogens is 4. The second-order valence-corrected chi connectivity index (χ2v) is 4.64. The lowest BCUT2D eigenvalue weighted by atomic mass is 10.1. The maximum Gasteiger partial charge on any atom is 0.146 e. The van der Waals surface area contributed by atoms with Crippen LogP contribution in [0.15, 0.2) is 36.8 Å². The van der Waals surface area contributed by atoms with Gasteiger partial charge in [-0.05, 0) is 30.0 Å². The Morgan fingerprint density at radius 1 is 1.26 bits per heavy atom. The molecule has 0 atom stereocenters. The molecule has 3 aromatic rings. The molecule has 2 N–H and O–H groups in total. The van der Waals surface area contributed by atoms with Crippen molar-refractivity contribution in [1.29, 1.82) is 0 Å². The van der Waals surface area contributed by atoms with Gasteiger partial charge in [0.1, 0.15) is 12.2 Å². The van der Waals surface area contributed by atoms with Crippen molar-refractivity contribution in [2.75, 3.05) is 6.54 Å². The molecule has 0 bridgehead atoms. The zero-order valence-electron chi connectivity index (χ0n) is 11.0. The van der Waals surface area contributed by atoms with Crippen LogP contribution in [-0.2, 0) is 20.0 Å². The average Bonchev–Trinajstić information content (AvgIpc) is 2.99. The average molecular weight is 255 g/mol. The molecule has 0 fully saturated rings. The van der Waals surface area contributed by atoms with Crippen molar-refractivity contribution in [3.05, 3.63) is 48.2 Å². The van der Waals surface area contributed by atoms with Gasteiger partial charge in [-0.25, -0.2) is 4.98 Å². The summed E-state index contributed by atoms with van der Waals surface area (Å²) >= 11 is 0. The van der Waals surface area contributed by atoms with E-state index in [0.29, 0.717) is 6.54 Å². The molecular formula is C14H17N5. The standard InChI is InChI=1S/C14H17N5/c1-18-13(16-10-17-18)9-19-8-6-12-4-2-3-11(5-7-15)14(12)19/h2-4,6,8,10H,5,7,9,15H2,1H3. The van der Waals surface area contributed by atoms with E-state index in [1.165, 1.54) is 16.5 Å². The molecule has 19 heavy (non-hydrogen) atoms. The third-order valence-corrected chi connectivity index (χ3v) is 3.40. The van der Waals surface area contributed by atoms with E-state index < -0.39 is 0 Å². The van der Waals surface area contributed by atoms with E-state index in [0.717, 1.165) is 18.8 Å². The molecule has 0 aliphatic heterocycles. The summed E-state index contributed by atoms with van der Waals surface area (Å²) in [5.41, 5.74) is 8.23. The molecule has 3 rings (SSSR count).